The summed E-state index contributed by atoms with van der Waals surface area (Å²) in [7, 11) is 0. The molecule has 166 valence electrons. The highest BCUT2D eigenvalue weighted by molar-refractivity contribution is 8.00. The van der Waals surface area contributed by atoms with Crippen LogP contribution in [0, 0.1) is 5.41 Å². The summed E-state index contributed by atoms with van der Waals surface area (Å²) in [5.74, 6) is -3.60. The van der Waals surface area contributed by atoms with E-state index in [1.54, 1.807) is 13.8 Å². The minimum atomic E-state index is -1.20. The molecule has 0 aromatic rings. The highest BCUT2D eigenvalue weighted by atomic mass is 32.2. The van der Waals surface area contributed by atoms with Gasteiger partial charge in [0.25, 0.3) is 0 Å². The second-order valence-electron chi connectivity index (χ2n) is 7.86. The first-order valence-electron chi connectivity index (χ1n) is 9.26. The van der Waals surface area contributed by atoms with Crippen LogP contribution in [0.5, 0.6) is 0 Å². The number of thioether (sulfide) groups is 1. The third-order valence-corrected chi connectivity index (χ3v) is 5.38. The molecule has 1 aliphatic heterocycles. The first-order valence-corrected chi connectivity index (χ1v) is 10.3. The van der Waals surface area contributed by atoms with Crippen molar-refractivity contribution >= 4 is 35.5 Å². The average Bonchev–Trinajstić information content (AvgIpc) is 2.59. The number of carbonyl (C=O) groups is 4. The van der Waals surface area contributed by atoms with Crippen LogP contribution in [0.2, 0.25) is 0 Å². The molecule has 1 saturated heterocycles. The molecule has 10 nitrogen and oxygen atoms in total. The number of hydrogen-bond acceptors (Lipinski definition) is 7. The number of amides is 2. The van der Waals surface area contributed by atoms with Gasteiger partial charge in [-0.25, -0.2) is 0 Å². The summed E-state index contributed by atoms with van der Waals surface area (Å²) in [5, 5.41) is 21.9. The highest BCUT2D eigenvalue weighted by Crippen LogP contribution is 2.34. The lowest BCUT2D eigenvalue weighted by Crippen LogP contribution is -2.56. The van der Waals surface area contributed by atoms with E-state index in [-0.39, 0.29) is 37.1 Å². The van der Waals surface area contributed by atoms with Crippen molar-refractivity contribution in [3.8, 4) is 0 Å². The Morgan fingerprint density at radius 2 is 1.76 bits per heavy atom. The molecule has 1 aliphatic rings. The Balaban J connectivity index is 2.30. The molecule has 29 heavy (non-hydrogen) atoms. The van der Waals surface area contributed by atoms with Gasteiger partial charge in [-0.05, 0) is 13.8 Å². The van der Waals surface area contributed by atoms with E-state index in [9.17, 15) is 19.2 Å². The van der Waals surface area contributed by atoms with Gasteiger partial charge in [-0.3, -0.25) is 19.2 Å². The predicted molar refractivity (Wildman–Crippen MR) is 105 cm³/mol. The molecule has 2 atom stereocenters. The van der Waals surface area contributed by atoms with Crippen LogP contribution >= 0.6 is 11.8 Å². The minimum absolute atomic E-state index is 0.0565. The second-order valence-corrected chi connectivity index (χ2v) is 9.17. The van der Waals surface area contributed by atoms with Crippen molar-refractivity contribution in [2.75, 3.05) is 25.4 Å². The maximum absolute atomic E-state index is 12.4. The monoisotopic (exact) mass is 434 g/mol. The smallest absolute Gasteiger partial charge is 0.317 e. The van der Waals surface area contributed by atoms with Crippen LogP contribution in [0.4, 0.5) is 0 Å². The summed E-state index contributed by atoms with van der Waals surface area (Å²) >= 11 is 0.954. The molecule has 0 bridgehead atoms. The molecule has 1 fully saturated rings. The summed E-state index contributed by atoms with van der Waals surface area (Å²) < 4.78 is 11.3. The first-order chi connectivity index (χ1) is 13.3. The van der Waals surface area contributed by atoms with Crippen LogP contribution in [-0.2, 0) is 28.7 Å². The van der Waals surface area contributed by atoms with Gasteiger partial charge in [0.15, 0.2) is 5.79 Å². The minimum Gasteiger partial charge on any atom is -0.481 e. The van der Waals surface area contributed by atoms with Gasteiger partial charge in [-0.2, -0.15) is 0 Å². The number of aliphatic carboxylic acids is 2. The lowest BCUT2D eigenvalue weighted by molar-refractivity contribution is -0.304. The van der Waals surface area contributed by atoms with Crippen LogP contribution in [0.1, 0.15) is 40.5 Å². The van der Waals surface area contributed by atoms with E-state index in [1.165, 1.54) is 0 Å². The molecule has 0 aliphatic carbocycles. The lowest BCUT2D eigenvalue weighted by atomic mass is 9.85. The Bertz CT molecular complexity index is 623. The quantitative estimate of drug-likeness (QED) is 0.340. The zero-order valence-electron chi connectivity index (χ0n) is 17.1. The topological polar surface area (TPSA) is 151 Å². The van der Waals surface area contributed by atoms with Crippen LogP contribution in [0.3, 0.4) is 0 Å². The molecule has 0 spiro atoms. The van der Waals surface area contributed by atoms with E-state index < -0.39 is 40.9 Å². The fourth-order valence-electron chi connectivity index (χ4n) is 2.57. The number of rotatable bonds is 11. The van der Waals surface area contributed by atoms with E-state index in [0.717, 1.165) is 11.8 Å². The van der Waals surface area contributed by atoms with Crippen LogP contribution in [-0.4, -0.2) is 76.6 Å². The maximum Gasteiger partial charge on any atom is 0.317 e. The van der Waals surface area contributed by atoms with Crippen molar-refractivity contribution in [2.24, 2.45) is 5.41 Å². The van der Waals surface area contributed by atoms with Gasteiger partial charge in [0.2, 0.25) is 11.8 Å². The third kappa shape index (κ3) is 9.01. The zero-order chi connectivity index (χ0) is 22.2. The number of ether oxygens (including phenoxy) is 2. The average molecular weight is 435 g/mol. The number of carboxylic acids is 2. The van der Waals surface area contributed by atoms with Gasteiger partial charge >= 0.3 is 11.9 Å². The van der Waals surface area contributed by atoms with E-state index in [0.29, 0.717) is 6.61 Å². The molecular formula is C18H30N2O8S. The highest BCUT2D eigenvalue weighted by Gasteiger charge is 2.45. The Labute approximate surface area is 174 Å². The first kappa shape index (κ1) is 25.2. The summed E-state index contributed by atoms with van der Waals surface area (Å²) in [6.45, 7) is 7.91. The normalized spacial score (nSPS) is 21.0. The van der Waals surface area contributed by atoms with E-state index in [1.807, 2.05) is 13.8 Å². The SMILES string of the molecule is CC1(C)OCC(C)(C)C(C(=O)NCCC(=O)NCCSC(CC(=O)O)C(=O)O)O1. The molecule has 1 heterocycles. The Morgan fingerprint density at radius 3 is 2.34 bits per heavy atom. The van der Waals surface area contributed by atoms with E-state index in [2.05, 4.69) is 10.6 Å². The summed E-state index contributed by atoms with van der Waals surface area (Å²) in [5.41, 5.74) is -0.504. The largest absolute Gasteiger partial charge is 0.481 e. The summed E-state index contributed by atoms with van der Waals surface area (Å²) in [4.78, 5) is 45.9. The van der Waals surface area contributed by atoms with Crippen molar-refractivity contribution in [3.05, 3.63) is 0 Å². The van der Waals surface area contributed by atoms with Crippen molar-refractivity contribution < 1.29 is 38.9 Å². The molecular weight excluding hydrogens is 404 g/mol. The summed E-state index contributed by atoms with van der Waals surface area (Å²) in [6.07, 6.45) is -1.13. The lowest BCUT2D eigenvalue weighted by Gasteiger charge is -2.44. The Kier molecular flexibility index (Phi) is 9.37. The molecule has 11 heteroatoms. The van der Waals surface area contributed by atoms with Crippen LogP contribution < -0.4 is 10.6 Å². The van der Waals surface area contributed by atoms with Crippen LogP contribution in [0.25, 0.3) is 0 Å². The number of hydrogen-bond donors (Lipinski definition) is 4. The van der Waals surface area contributed by atoms with Gasteiger partial charge in [-0.15, -0.1) is 11.8 Å². The molecule has 1 rings (SSSR count). The molecule has 4 N–H and O–H groups in total. The molecule has 2 amide bonds. The predicted octanol–water partition coefficient (Wildman–Crippen LogP) is 0.448. The molecule has 0 aromatic carbocycles. The Morgan fingerprint density at radius 1 is 1.10 bits per heavy atom. The van der Waals surface area contributed by atoms with Gasteiger partial charge < -0.3 is 30.3 Å². The van der Waals surface area contributed by atoms with Gasteiger partial charge in [0.1, 0.15) is 11.4 Å². The maximum atomic E-state index is 12.4. The molecule has 2 unspecified atom stereocenters. The van der Waals surface area contributed by atoms with Crippen molar-refractivity contribution in [1.29, 1.82) is 0 Å². The number of carboxylic acid groups (broad SMARTS) is 2. The fraction of sp³-hybridized carbons (Fsp3) is 0.778. The molecule has 0 saturated carbocycles. The van der Waals surface area contributed by atoms with Gasteiger partial charge in [0, 0.05) is 30.7 Å². The number of nitrogens with one attached hydrogen (secondary N) is 2. The van der Waals surface area contributed by atoms with Gasteiger partial charge in [-0.1, -0.05) is 13.8 Å². The van der Waals surface area contributed by atoms with E-state index >= 15 is 0 Å². The third-order valence-electron chi connectivity index (χ3n) is 4.17. The number of carbonyl (C=O) groups excluding carboxylic acids is 2. The van der Waals surface area contributed by atoms with Crippen LogP contribution in [0.15, 0.2) is 0 Å². The molecule has 0 aromatic heterocycles. The fourth-order valence-corrected chi connectivity index (χ4v) is 3.48. The van der Waals surface area contributed by atoms with Crippen molar-refractivity contribution in [1.82, 2.24) is 10.6 Å². The second kappa shape index (κ2) is 10.8. The van der Waals surface area contributed by atoms with E-state index in [4.69, 9.17) is 19.7 Å². The zero-order valence-corrected chi connectivity index (χ0v) is 18.0. The summed E-state index contributed by atoms with van der Waals surface area (Å²) in [6, 6.07) is 0. The van der Waals surface area contributed by atoms with Gasteiger partial charge in [0.05, 0.1) is 13.0 Å². The standard InChI is InChI=1S/C18H30N2O8S/c1-17(2)10-27-18(3,4)28-14(17)15(24)20-6-5-12(21)19-7-8-29-11(16(25)26)9-13(22)23/h11,14H,5-10H2,1-4H3,(H,19,21)(H,20,24)(H,22,23)(H,25,26). The molecule has 0 radical (unpaired) electrons. The van der Waals surface area contributed by atoms with Crippen molar-refractivity contribution in [2.45, 2.75) is 57.7 Å². The van der Waals surface area contributed by atoms with Crippen molar-refractivity contribution in [3.63, 3.8) is 0 Å². The Hall–Kier alpha value is -1.85.